The van der Waals surface area contributed by atoms with Crippen molar-refractivity contribution >= 4 is 11.3 Å². The van der Waals surface area contributed by atoms with Crippen molar-refractivity contribution in [3.8, 4) is 0 Å². The van der Waals surface area contributed by atoms with Crippen molar-refractivity contribution in [2.75, 3.05) is 6.54 Å². The van der Waals surface area contributed by atoms with Crippen LogP contribution >= 0.6 is 11.3 Å². The highest BCUT2D eigenvalue weighted by molar-refractivity contribution is 7.09. The van der Waals surface area contributed by atoms with Crippen LogP contribution in [0.2, 0.25) is 0 Å². The van der Waals surface area contributed by atoms with Gasteiger partial charge in [0.15, 0.2) is 0 Å². The van der Waals surface area contributed by atoms with E-state index in [0.29, 0.717) is 17.9 Å². The predicted octanol–water partition coefficient (Wildman–Crippen LogP) is 3.96. The number of nitrogens with zero attached hydrogens (tertiary/aromatic N) is 1. The highest BCUT2D eigenvalue weighted by Crippen LogP contribution is 2.28. The minimum atomic E-state index is 0.424. The maximum Gasteiger partial charge on any atom is 0.110 e. The lowest BCUT2D eigenvalue weighted by molar-refractivity contribution is 0.382. The molecule has 2 nitrogen and oxygen atoms in total. The zero-order chi connectivity index (χ0) is 12.1. The highest BCUT2D eigenvalue weighted by atomic mass is 32.1. The van der Waals surface area contributed by atoms with Crippen molar-refractivity contribution in [3.05, 3.63) is 16.1 Å². The van der Waals surface area contributed by atoms with Crippen LogP contribution in [0.15, 0.2) is 5.38 Å². The number of thiazole rings is 1. The predicted molar refractivity (Wildman–Crippen MR) is 72.1 cm³/mol. The van der Waals surface area contributed by atoms with Crippen LogP contribution in [0, 0.1) is 5.92 Å². The number of nitrogens with one attached hydrogen (secondary N) is 1. The van der Waals surface area contributed by atoms with E-state index in [4.69, 9.17) is 4.98 Å². The summed E-state index contributed by atoms with van der Waals surface area (Å²) < 4.78 is 0. The molecule has 0 saturated carbocycles. The minimum absolute atomic E-state index is 0.424. The first-order valence-corrected chi connectivity index (χ1v) is 7.16. The lowest BCUT2D eigenvalue weighted by Gasteiger charge is -2.21. The molecular formula is C13H24N2S. The SMILES string of the molecule is CCNC(c1nc(C(C)C)cs1)C(C)CC. The van der Waals surface area contributed by atoms with Gasteiger partial charge in [-0.05, 0) is 18.4 Å². The average molecular weight is 240 g/mol. The number of hydrogen-bond donors (Lipinski definition) is 1. The Hall–Kier alpha value is -0.410. The zero-order valence-electron chi connectivity index (χ0n) is 11.1. The molecule has 0 amide bonds. The summed E-state index contributed by atoms with van der Waals surface area (Å²) in [6.45, 7) is 12.1. The Kier molecular flexibility index (Phi) is 5.42. The third-order valence-corrected chi connectivity index (χ3v) is 3.98. The van der Waals surface area contributed by atoms with Gasteiger partial charge in [0.05, 0.1) is 11.7 Å². The van der Waals surface area contributed by atoms with Crippen LogP contribution in [0.25, 0.3) is 0 Å². The molecule has 0 aliphatic heterocycles. The minimum Gasteiger partial charge on any atom is -0.308 e. The molecule has 3 heteroatoms. The third-order valence-electron chi connectivity index (χ3n) is 3.03. The van der Waals surface area contributed by atoms with Crippen LogP contribution in [0.3, 0.4) is 0 Å². The van der Waals surface area contributed by atoms with Crippen LogP contribution in [-0.2, 0) is 0 Å². The van der Waals surface area contributed by atoms with Crippen molar-refractivity contribution < 1.29 is 0 Å². The summed E-state index contributed by atoms with van der Waals surface area (Å²) >= 11 is 1.80. The summed E-state index contributed by atoms with van der Waals surface area (Å²) in [5.74, 6) is 1.18. The normalized spacial score (nSPS) is 15.4. The lowest BCUT2D eigenvalue weighted by atomic mass is 9.99. The van der Waals surface area contributed by atoms with Gasteiger partial charge >= 0.3 is 0 Å². The molecule has 0 spiro atoms. The van der Waals surface area contributed by atoms with Crippen LogP contribution in [0.4, 0.5) is 0 Å². The van der Waals surface area contributed by atoms with Gasteiger partial charge in [0.1, 0.15) is 5.01 Å². The topological polar surface area (TPSA) is 24.9 Å². The summed E-state index contributed by atoms with van der Waals surface area (Å²) in [5, 5.41) is 7.00. The second-order valence-corrected chi connectivity index (χ2v) is 5.58. The summed E-state index contributed by atoms with van der Waals surface area (Å²) in [4.78, 5) is 4.75. The molecule has 0 aliphatic carbocycles. The summed E-state index contributed by atoms with van der Waals surface area (Å²) in [5.41, 5.74) is 1.23. The molecule has 0 aromatic carbocycles. The van der Waals surface area contributed by atoms with E-state index in [1.54, 1.807) is 11.3 Å². The van der Waals surface area contributed by atoms with E-state index >= 15 is 0 Å². The Morgan fingerprint density at radius 2 is 2.00 bits per heavy atom. The second kappa shape index (κ2) is 6.36. The first-order valence-electron chi connectivity index (χ1n) is 6.28. The maximum atomic E-state index is 4.75. The zero-order valence-corrected chi connectivity index (χ0v) is 11.9. The standard InChI is InChI=1S/C13H24N2S/c1-6-10(5)12(14-7-2)13-15-11(8-16-13)9(3)4/h8-10,12,14H,6-7H2,1-5H3. The first kappa shape index (κ1) is 13.7. The molecule has 1 heterocycles. The number of aromatic nitrogens is 1. The maximum absolute atomic E-state index is 4.75. The molecule has 1 N–H and O–H groups in total. The first-order chi connectivity index (χ1) is 7.60. The van der Waals surface area contributed by atoms with Crippen molar-refractivity contribution in [2.45, 2.75) is 53.0 Å². The molecule has 0 saturated heterocycles. The highest BCUT2D eigenvalue weighted by Gasteiger charge is 2.20. The van der Waals surface area contributed by atoms with Crippen molar-refractivity contribution in [3.63, 3.8) is 0 Å². The fraction of sp³-hybridized carbons (Fsp3) is 0.769. The van der Waals surface area contributed by atoms with Gasteiger partial charge in [-0.2, -0.15) is 0 Å². The van der Waals surface area contributed by atoms with Gasteiger partial charge in [0, 0.05) is 5.38 Å². The van der Waals surface area contributed by atoms with Gasteiger partial charge in [-0.3, -0.25) is 0 Å². The summed E-state index contributed by atoms with van der Waals surface area (Å²) in [6, 6.07) is 0.424. The monoisotopic (exact) mass is 240 g/mol. The molecule has 2 unspecified atom stereocenters. The van der Waals surface area contributed by atoms with Crippen LogP contribution in [-0.4, -0.2) is 11.5 Å². The lowest BCUT2D eigenvalue weighted by Crippen LogP contribution is -2.26. The van der Waals surface area contributed by atoms with E-state index in [0.717, 1.165) is 6.54 Å². The van der Waals surface area contributed by atoms with Crippen molar-refractivity contribution in [1.29, 1.82) is 0 Å². The number of hydrogen-bond acceptors (Lipinski definition) is 3. The van der Waals surface area contributed by atoms with Crippen molar-refractivity contribution in [2.24, 2.45) is 5.92 Å². The van der Waals surface area contributed by atoms with Crippen LogP contribution < -0.4 is 5.32 Å². The van der Waals surface area contributed by atoms with E-state index in [2.05, 4.69) is 45.3 Å². The Morgan fingerprint density at radius 1 is 1.31 bits per heavy atom. The van der Waals surface area contributed by atoms with E-state index in [1.165, 1.54) is 17.1 Å². The Morgan fingerprint density at radius 3 is 2.44 bits per heavy atom. The van der Waals surface area contributed by atoms with E-state index in [-0.39, 0.29) is 0 Å². The molecule has 0 fully saturated rings. The summed E-state index contributed by atoms with van der Waals surface area (Å²) in [7, 11) is 0. The van der Waals surface area contributed by atoms with Gasteiger partial charge in [0.25, 0.3) is 0 Å². The van der Waals surface area contributed by atoms with E-state index in [9.17, 15) is 0 Å². The molecule has 0 bridgehead atoms. The van der Waals surface area contributed by atoms with Gasteiger partial charge in [0.2, 0.25) is 0 Å². The third kappa shape index (κ3) is 3.29. The van der Waals surface area contributed by atoms with Crippen LogP contribution in [0.5, 0.6) is 0 Å². The smallest absolute Gasteiger partial charge is 0.110 e. The quantitative estimate of drug-likeness (QED) is 0.814. The molecule has 0 aliphatic rings. The largest absolute Gasteiger partial charge is 0.308 e. The van der Waals surface area contributed by atoms with E-state index in [1.807, 2.05) is 0 Å². The summed E-state index contributed by atoms with van der Waals surface area (Å²) in [6.07, 6.45) is 1.19. The van der Waals surface area contributed by atoms with E-state index < -0.39 is 0 Å². The van der Waals surface area contributed by atoms with Crippen LogP contribution in [0.1, 0.15) is 63.7 Å². The Bertz CT molecular complexity index is 307. The van der Waals surface area contributed by atoms with Crippen molar-refractivity contribution in [1.82, 2.24) is 10.3 Å². The molecular weight excluding hydrogens is 216 g/mol. The molecule has 1 rings (SSSR count). The molecule has 16 heavy (non-hydrogen) atoms. The van der Waals surface area contributed by atoms with Gasteiger partial charge < -0.3 is 5.32 Å². The fourth-order valence-corrected chi connectivity index (χ4v) is 2.88. The second-order valence-electron chi connectivity index (χ2n) is 4.69. The molecule has 1 aromatic rings. The fourth-order valence-electron chi connectivity index (χ4n) is 1.70. The number of rotatable bonds is 6. The molecule has 1 aromatic heterocycles. The molecule has 2 atom stereocenters. The van der Waals surface area contributed by atoms with Gasteiger partial charge in [-0.15, -0.1) is 11.3 Å². The Balaban J connectivity index is 2.83. The Labute approximate surface area is 103 Å². The average Bonchev–Trinajstić information content (AvgIpc) is 2.74. The molecule has 92 valence electrons. The van der Waals surface area contributed by atoms with Gasteiger partial charge in [-0.1, -0.05) is 41.0 Å². The van der Waals surface area contributed by atoms with Gasteiger partial charge in [-0.25, -0.2) is 4.98 Å². The molecule has 0 radical (unpaired) electrons.